The molecule has 0 saturated carbocycles. The lowest BCUT2D eigenvalue weighted by Gasteiger charge is -2.08. The number of benzene rings is 2. The summed E-state index contributed by atoms with van der Waals surface area (Å²) in [6.45, 7) is 0.313. The monoisotopic (exact) mass is 385 g/mol. The summed E-state index contributed by atoms with van der Waals surface area (Å²) in [5, 5.41) is 2.84. The molecular weight excluding hydrogens is 370 g/mol. The molecule has 1 amide bonds. The third-order valence-corrected chi connectivity index (χ3v) is 4.09. The molecule has 3 rings (SSSR count). The van der Waals surface area contributed by atoms with E-state index < -0.39 is 0 Å². The van der Waals surface area contributed by atoms with Gasteiger partial charge in [-0.15, -0.1) is 0 Å². The van der Waals surface area contributed by atoms with E-state index in [1.807, 2.05) is 42.5 Å². The van der Waals surface area contributed by atoms with E-state index in [0.717, 1.165) is 15.8 Å². The van der Waals surface area contributed by atoms with E-state index in [4.69, 9.17) is 9.15 Å². The molecular formula is C19H16BrNO3. The standard InChI is InChI=1S/C19H16BrNO3/c1-23-18-5-3-2-4-16(18)19(22)21-12-15-10-11-17(24-15)13-6-8-14(20)9-7-13/h2-11H,12H2,1H3,(H,21,22). The molecule has 0 fully saturated rings. The largest absolute Gasteiger partial charge is 0.496 e. The van der Waals surface area contributed by atoms with Gasteiger partial charge in [0.1, 0.15) is 17.3 Å². The second kappa shape index (κ2) is 7.36. The summed E-state index contributed by atoms with van der Waals surface area (Å²) in [7, 11) is 1.54. The molecule has 1 heterocycles. The predicted molar refractivity (Wildman–Crippen MR) is 96.0 cm³/mol. The van der Waals surface area contributed by atoms with Crippen molar-refractivity contribution in [2.45, 2.75) is 6.54 Å². The molecule has 0 aliphatic carbocycles. The highest BCUT2D eigenvalue weighted by Crippen LogP contribution is 2.24. The minimum absolute atomic E-state index is 0.200. The van der Waals surface area contributed by atoms with Gasteiger partial charge in [0.05, 0.1) is 19.2 Å². The topological polar surface area (TPSA) is 51.5 Å². The van der Waals surface area contributed by atoms with Crippen LogP contribution in [0.5, 0.6) is 5.75 Å². The van der Waals surface area contributed by atoms with Gasteiger partial charge in [-0.25, -0.2) is 0 Å². The number of carbonyl (C=O) groups is 1. The average Bonchev–Trinajstić information content (AvgIpc) is 3.09. The van der Waals surface area contributed by atoms with Gasteiger partial charge < -0.3 is 14.5 Å². The van der Waals surface area contributed by atoms with Crippen LogP contribution >= 0.6 is 15.9 Å². The van der Waals surface area contributed by atoms with Crippen LogP contribution in [0.1, 0.15) is 16.1 Å². The Bertz CT molecular complexity index is 840. The zero-order chi connectivity index (χ0) is 16.9. The highest BCUT2D eigenvalue weighted by Gasteiger charge is 2.12. The Morgan fingerprint density at radius 2 is 1.83 bits per heavy atom. The van der Waals surface area contributed by atoms with Gasteiger partial charge >= 0.3 is 0 Å². The Morgan fingerprint density at radius 1 is 1.08 bits per heavy atom. The first-order valence-corrected chi connectivity index (χ1v) is 8.22. The molecule has 2 aromatic carbocycles. The van der Waals surface area contributed by atoms with Gasteiger partial charge in [-0.1, -0.05) is 40.2 Å². The molecule has 4 nitrogen and oxygen atoms in total. The molecule has 1 aromatic heterocycles. The molecule has 1 N–H and O–H groups in total. The zero-order valence-electron chi connectivity index (χ0n) is 13.1. The fourth-order valence-corrected chi connectivity index (χ4v) is 2.60. The molecule has 0 saturated heterocycles. The molecule has 0 aliphatic rings. The summed E-state index contributed by atoms with van der Waals surface area (Å²) in [6.07, 6.45) is 0. The van der Waals surface area contributed by atoms with Crippen molar-refractivity contribution in [2.75, 3.05) is 7.11 Å². The minimum Gasteiger partial charge on any atom is -0.496 e. The Kier molecular flexibility index (Phi) is 5.01. The fraction of sp³-hybridized carbons (Fsp3) is 0.105. The molecule has 0 bridgehead atoms. The maximum atomic E-state index is 12.3. The van der Waals surface area contributed by atoms with E-state index in [0.29, 0.717) is 23.6 Å². The number of para-hydroxylation sites is 1. The molecule has 5 heteroatoms. The zero-order valence-corrected chi connectivity index (χ0v) is 14.7. The first-order chi connectivity index (χ1) is 11.7. The molecule has 0 spiro atoms. The first kappa shape index (κ1) is 16.3. The highest BCUT2D eigenvalue weighted by molar-refractivity contribution is 9.10. The van der Waals surface area contributed by atoms with E-state index in [9.17, 15) is 4.79 Å². The number of hydrogen-bond acceptors (Lipinski definition) is 3. The fourth-order valence-electron chi connectivity index (χ4n) is 2.34. The van der Waals surface area contributed by atoms with Crippen molar-refractivity contribution in [3.63, 3.8) is 0 Å². The smallest absolute Gasteiger partial charge is 0.255 e. The quantitative estimate of drug-likeness (QED) is 0.695. The number of nitrogens with one attached hydrogen (secondary N) is 1. The molecule has 3 aromatic rings. The number of halogens is 1. The Balaban J connectivity index is 1.67. The first-order valence-electron chi connectivity index (χ1n) is 7.43. The third kappa shape index (κ3) is 3.68. The Morgan fingerprint density at radius 3 is 2.58 bits per heavy atom. The minimum atomic E-state index is -0.200. The summed E-state index contributed by atoms with van der Waals surface area (Å²) in [6, 6.07) is 18.7. The van der Waals surface area contributed by atoms with Gasteiger partial charge in [-0.2, -0.15) is 0 Å². The van der Waals surface area contributed by atoms with Crippen molar-refractivity contribution >= 4 is 21.8 Å². The Labute approximate surface area is 148 Å². The van der Waals surface area contributed by atoms with Crippen molar-refractivity contribution in [1.82, 2.24) is 5.32 Å². The summed E-state index contributed by atoms with van der Waals surface area (Å²) in [5.74, 6) is 1.80. The number of hydrogen-bond donors (Lipinski definition) is 1. The van der Waals surface area contributed by atoms with Gasteiger partial charge in [-0.3, -0.25) is 4.79 Å². The SMILES string of the molecule is COc1ccccc1C(=O)NCc1ccc(-c2ccc(Br)cc2)o1. The predicted octanol–water partition coefficient (Wildman–Crippen LogP) is 4.65. The van der Waals surface area contributed by atoms with Gasteiger partial charge in [0.15, 0.2) is 0 Å². The van der Waals surface area contributed by atoms with Crippen LogP contribution < -0.4 is 10.1 Å². The number of amides is 1. The van der Waals surface area contributed by atoms with Gasteiger partial charge in [0.2, 0.25) is 0 Å². The maximum absolute atomic E-state index is 12.3. The van der Waals surface area contributed by atoms with E-state index >= 15 is 0 Å². The lowest BCUT2D eigenvalue weighted by Crippen LogP contribution is -2.23. The average molecular weight is 386 g/mol. The van der Waals surface area contributed by atoms with E-state index in [2.05, 4.69) is 21.2 Å². The molecule has 0 unspecified atom stereocenters. The lowest BCUT2D eigenvalue weighted by molar-refractivity contribution is 0.0945. The summed E-state index contributed by atoms with van der Waals surface area (Å²) >= 11 is 3.41. The summed E-state index contributed by atoms with van der Waals surface area (Å²) < 4.78 is 12.0. The molecule has 0 radical (unpaired) electrons. The van der Waals surface area contributed by atoms with Gasteiger partial charge in [-0.05, 0) is 36.4 Å². The number of rotatable bonds is 5. The second-order valence-corrected chi connectivity index (χ2v) is 6.07. The maximum Gasteiger partial charge on any atom is 0.255 e. The van der Waals surface area contributed by atoms with Crippen LogP contribution in [0.3, 0.4) is 0 Å². The van der Waals surface area contributed by atoms with Crippen LogP contribution in [0, 0.1) is 0 Å². The van der Waals surface area contributed by atoms with Crippen LogP contribution in [-0.4, -0.2) is 13.0 Å². The van der Waals surface area contributed by atoms with Crippen LogP contribution in [0.25, 0.3) is 11.3 Å². The Hall–Kier alpha value is -2.53. The summed E-state index contributed by atoms with van der Waals surface area (Å²) in [5.41, 5.74) is 1.49. The second-order valence-electron chi connectivity index (χ2n) is 5.16. The van der Waals surface area contributed by atoms with E-state index in [1.54, 1.807) is 25.3 Å². The van der Waals surface area contributed by atoms with Crippen molar-refractivity contribution < 1.29 is 13.9 Å². The van der Waals surface area contributed by atoms with Crippen LogP contribution in [-0.2, 0) is 6.54 Å². The van der Waals surface area contributed by atoms with Crippen LogP contribution in [0.2, 0.25) is 0 Å². The highest BCUT2D eigenvalue weighted by atomic mass is 79.9. The van der Waals surface area contributed by atoms with Crippen molar-refractivity contribution in [1.29, 1.82) is 0 Å². The number of ether oxygens (including phenoxy) is 1. The number of carbonyl (C=O) groups excluding carboxylic acids is 1. The van der Waals surface area contributed by atoms with Crippen LogP contribution in [0.15, 0.2) is 69.6 Å². The van der Waals surface area contributed by atoms with Gasteiger partial charge in [0, 0.05) is 10.0 Å². The number of methoxy groups -OCH3 is 1. The molecule has 122 valence electrons. The molecule has 0 aliphatic heterocycles. The third-order valence-electron chi connectivity index (χ3n) is 3.57. The lowest BCUT2D eigenvalue weighted by atomic mass is 10.2. The number of furan rings is 1. The molecule has 0 atom stereocenters. The van der Waals surface area contributed by atoms with E-state index in [1.165, 1.54) is 0 Å². The van der Waals surface area contributed by atoms with Crippen molar-refractivity contribution in [3.8, 4) is 17.1 Å². The molecule has 24 heavy (non-hydrogen) atoms. The van der Waals surface area contributed by atoms with Gasteiger partial charge in [0.25, 0.3) is 5.91 Å². The van der Waals surface area contributed by atoms with Crippen molar-refractivity contribution in [3.05, 3.63) is 76.5 Å². The van der Waals surface area contributed by atoms with Crippen LogP contribution in [0.4, 0.5) is 0 Å². The van der Waals surface area contributed by atoms with Crippen molar-refractivity contribution in [2.24, 2.45) is 0 Å². The summed E-state index contributed by atoms with van der Waals surface area (Å²) in [4.78, 5) is 12.3. The van der Waals surface area contributed by atoms with E-state index in [-0.39, 0.29) is 5.91 Å². The normalized spacial score (nSPS) is 10.4.